The molecule has 0 radical (unpaired) electrons. The van der Waals surface area contributed by atoms with Crippen LogP contribution in [0.2, 0.25) is 0 Å². The molecule has 0 bridgehead atoms. The summed E-state index contributed by atoms with van der Waals surface area (Å²) < 4.78 is 0. The van der Waals surface area contributed by atoms with Gasteiger partial charge in [0.25, 0.3) is 0 Å². The zero-order valence-electron chi connectivity index (χ0n) is 8.77. The van der Waals surface area contributed by atoms with Crippen molar-refractivity contribution in [3.05, 3.63) is 5.82 Å². The van der Waals surface area contributed by atoms with Crippen LogP contribution in [-0.4, -0.2) is 50.6 Å². The molecule has 1 fully saturated rings. The highest BCUT2D eigenvalue weighted by Gasteiger charge is 2.16. The Hall–Kier alpha value is -1.15. The molecule has 1 atom stereocenters. The first-order chi connectivity index (χ1) is 7.84. The number of carbonyl (C=O) groups is 1. The van der Waals surface area contributed by atoms with Crippen molar-refractivity contribution in [2.24, 2.45) is 0 Å². The van der Waals surface area contributed by atoms with Crippen molar-refractivity contribution in [3.8, 4) is 0 Å². The second kappa shape index (κ2) is 5.80. The van der Waals surface area contributed by atoms with Gasteiger partial charge in [0.1, 0.15) is 0 Å². The van der Waals surface area contributed by atoms with Gasteiger partial charge in [-0.25, -0.2) is 0 Å². The van der Waals surface area contributed by atoms with E-state index in [0.29, 0.717) is 18.8 Å². The van der Waals surface area contributed by atoms with Crippen LogP contribution >= 0.6 is 11.8 Å². The molecule has 2 heterocycles. The van der Waals surface area contributed by atoms with Crippen molar-refractivity contribution in [2.45, 2.75) is 19.0 Å². The largest absolute Gasteiger partial charge is 0.349 e. The summed E-state index contributed by atoms with van der Waals surface area (Å²) in [5.41, 5.74) is 0. The smallest absolute Gasteiger partial charge is 0.221 e. The van der Waals surface area contributed by atoms with E-state index >= 15 is 0 Å². The second-order valence-corrected chi connectivity index (χ2v) is 4.68. The van der Waals surface area contributed by atoms with Crippen molar-refractivity contribution in [3.63, 3.8) is 0 Å². The molecule has 8 heteroatoms. The number of carbonyl (C=O) groups excluding carboxylic acids is 1. The van der Waals surface area contributed by atoms with Gasteiger partial charge in [-0.1, -0.05) is 5.21 Å². The predicted octanol–water partition coefficient (Wildman–Crippen LogP) is -1.09. The van der Waals surface area contributed by atoms with Crippen molar-refractivity contribution >= 4 is 17.7 Å². The first-order valence-corrected chi connectivity index (χ1v) is 6.30. The molecule has 2 rings (SSSR count). The van der Waals surface area contributed by atoms with E-state index in [1.165, 1.54) is 0 Å². The SMILES string of the molecule is O=C(CC1CSCCN1)NCc1nn[nH]n1. The molecule has 0 aromatic carbocycles. The van der Waals surface area contributed by atoms with Crippen molar-refractivity contribution in [1.29, 1.82) is 0 Å². The number of aromatic nitrogens is 4. The maximum atomic E-state index is 11.6. The molecule has 0 saturated carbocycles. The van der Waals surface area contributed by atoms with Gasteiger partial charge < -0.3 is 10.6 Å². The molecule has 1 saturated heterocycles. The van der Waals surface area contributed by atoms with Crippen LogP contribution in [-0.2, 0) is 11.3 Å². The summed E-state index contributed by atoms with van der Waals surface area (Å²) in [7, 11) is 0. The summed E-state index contributed by atoms with van der Waals surface area (Å²) in [4.78, 5) is 11.6. The topological polar surface area (TPSA) is 95.6 Å². The van der Waals surface area contributed by atoms with Gasteiger partial charge in [-0.05, 0) is 0 Å². The number of hydrogen-bond donors (Lipinski definition) is 3. The number of nitrogens with one attached hydrogen (secondary N) is 3. The van der Waals surface area contributed by atoms with Gasteiger partial charge >= 0.3 is 0 Å². The maximum absolute atomic E-state index is 11.6. The number of thioether (sulfide) groups is 1. The number of tetrazole rings is 1. The number of rotatable bonds is 4. The molecule has 88 valence electrons. The molecule has 1 aliphatic heterocycles. The Labute approximate surface area is 97.1 Å². The van der Waals surface area contributed by atoms with Gasteiger partial charge in [-0.3, -0.25) is 4.79 Å². The van der Waals surface area contributed by atoms with Crippen LogP contribution < -0.4 is 10.6 Å². The normalized spacial score (nSPS) is 20.6. The Kier molecular flexibility index (Phi) is 4.11. The van der Waals surface area contributed by atoms with Gasteiger partial charge in [0.2, 0.25) is 5.91 Å². The minimum absolute atomic E-state index is 0.0183. The van der Waals surface area contributed by atoms with E-state index in [9.17, 15) is 4.79 Å². The molecule has 1 unspecified atom stereocenters. The number of H-pyrrole nitrogens is 1. The van der Waals surface area contributed by atoms with E-state index in [1.807, 2.05) is 11.8 Å². The lowest BCUT2D eigenvalue weighted by molar-refractivity contribution is -0.121. The van der Waals surface area contributed by atoms with Crippen molar-refractivity contribution < 1.29 is 4.79 Å². The van der Waals surface area contributed by atoms with E-state index in [2.05, 4.69) is 31.3 Å². The first-order valence-electron chi connectivity index (χ1n) is 5.15. The standard InChI is InChI=1S/C8H14N6OS/c15-8(3-6-5-16-2-1-9-6)10-4-7-11-13-14-12-7/h6,9H,1-5H2,(H,10,15)(H,11,12,13,14). The molecule has 16 heavy (non-hydrogen) atoms. The lowest BCUT2D eigenvalue weighted by Crippen LogP contribution is -2.41. The van der Waals surface area contributed by atoms with E-state index in [1.54, 1.807) is 0 Å². The van der Waals surface area contributed by atoms with Crippen LogP contribution in [0.1, 0.15) is 12.2 Å². The number of hydrogen-bond acceptors (Lipinski definition) is 6. The first kappa shape index (κ1) is 11.3. The van der Waals surface area contributed by atoms with Crippen molar-refractivity contribution in [1.82, 2.24) is 31.3 Å². The van der Waals surface area contributed by atoms with E-state index in [4.69, 9.17) is 0 Å². The van der Waals surface area contributed by atoms with Crippen LogP contribution in [0.3, 0.4) is 0 Å². The average molecular weight is 242 g/mol. The maximum Gasteiger partial charge on any atom is 0.221 e. The molecule has 1 amide bonds. The van der Waals surface area contributed by atoms with Crippen LogP contribution in [0.4, 0.5) is 0 Å². The molecular weight excluding hydrogens is 228 g/mol. The lowest BCUT2D eigenvalue weighted by Gasteiger charge is -2.22. The fourth-order valence-electron chi connectivity index (χ4n) is 1.48. The van der Waals surface area contributed by atoms with Gasteiger partial charge in [0.15, 0.2) is 5.82 Å². The molecule has 0 aliphatic carbocycles. The average Bonchev–Trinajstić information content (AvgIpc) is 2.81. The summed E-state index contributed by atoms with van der Waals surface area (Å²) in [5, 5.41) is 19.3. The van der Waals surface area contributed by atoms with Crippen LogP contribution in [0.25, 0.3) is 0 Å². The molecule has 1 aliphatic rings. The highest BCUT2D eigenvalue weighted by atomic mass is 32.2. The summed E-state index contributed by atoms with van der Waals surface area (Å²) >= 11 is 1.88. The highest BCUT2D eigenvalue weighted by Crippen LogP contribution is 2.09. The Morgan fingerprint density at radius 1 is 1.62 bits per heavy atom. The second-order valence-electron chi connectivity index (χ2n) is 3.53. The molecule has 3 N–H and O–H groups in total. The molecule has 0 spiro atoms. The van der Waals surface area contributed by atoms with Crippen LogP contribution in [0, 0.1) is 0 Å². The predicted molar refractivity (Wildman–Crippen MR) is 59.8 cm³/mol. The number of amides is 1. The summed E-state index contributed by atoms with van der Waals surface area (Å²) in [6, 6.07) is 0.281. The Bertz CT molecular complexity index is 323. The van der Waals surface area contributed by atoms with Gasteiger partial charge in [-0.15, -0.1) is 10.2 Å². The minimum Gasteiger partial charge on any atom is -0.349 e. The highest BCUT2D eigenvalue weighted by molar-refractivity contribution is 7.99. The third-order valence-electron chi connectivity index (χ3n) is 2.26. The fraction of sp³-hybridized carbons (Fsp3) is 0.750. The van der Waals surface area contributed by atoms with E-state index in [0.717, 1.165) is 18.1 Å². The molecule has 7 nitrogen and oxygen atoms in total. The third kappa shape index (κ3) is 3.46. The third-order valence-corrected chi connectivity index (χ3v) is 3.39. The monoisotopic (exact) mass is 242 g/mol. The summed E-state index contributed by atoms with van der Waals surface area (Å²) in [6.45, 7) is 1.31. The zero-order valence-corrected chi connectivity index (χ0v) is 9.59. The Balaban J connectivity index is 1.67. The van der Waals surface area contributed by atoms with Gasteiger partial charge in [0.05, 0.1) is 6.54 Å². The summed E-state index contributed by atoms with van der Waals surface area (Å²) in [5.74, 6) is 2.64. The number of aromatic amines is 1. The summed E-state index contributed by atoms with van der Waals surface area (Å²) in [6.07, 6.45) is 0.505. The molecule has 1 aromatic rings. The van der Waals surface area contributed by atoms with Crippen molar-refractivity contribution in [2.75, 3.05) is 18.1 Å². The minimum atomic E-state index is 0.0183. The lowest BCUT2D eigenvalue weighted by atomic mass is 10.2. The van der Waals surface area contributed by atoms with Crippen LogP contribution in [0.15, 0.2) is 0 Å². The van der Waals surface area contributed by atoms with E-state index in [-0.39, 0.29) is 11.9 Å². The molecule has 1 aromatic heterocycles. The van der Waals surface area contributed by atoms with Gasteiger partial charge in [-0.2, -0.15) is 17.0 Å². The Morgan fingerprint density at radius 2 is 2.56 bits per heavy atom. The Morgan fingerprint density at radius 3 is 3.25 bits per heavy atom. The molecular formula is C8H14N6OS. The zero-order chi connectivity index (χ0) is 11.2. The van der Waals surface area contributed by atoms with E-state index < -0.39 is 0 Å². The quantitative estimate of drug-likeness (QED) is 0.621. The van der Waals surface area contributed by atoms with Gasteiger partial charge in [0, 0.05) is 30.5 Å². The van der Waals surface area contributed by atoms with Crippen LogP contribution in [0.5, 0.6) is 0 Å². The fourth-order valence-corrected chi connectivity index (χ4v) is 2.43. The number of nitrogens with zero attached hydrogens (tertiary/aromatic N) is 3.